The normalized spacial score (nSPS) is 14.6. The molecule has 1 fully saturated rings. The SMILES string of the molecule is CCC(CC)Oc1ccc(-c2nn(C3CCCC3)c3cc(COc4ccc(C(C)CC(=O)O)cc4)ccc23)cc1. The number of carboxylic acid groups (broad SMARTS) is 1. The molecule has 0 spiro atoms. The zero-order chi connectivity index (χ0) is 28.1. The molecule has 1 heterocycles. The Kier molecular flexibility index (Phi) is 8.73. The molecule has 1 aromatic heterocycles. The summed E-state index contributed by atoms with van der Waals surface area (Å²) in [5.74, 6) is 0.853. The van der Waals surface area contributed by atoms with E-state index >= 15 is 0 Å². The Balaban J connectivity index is 1.37. The summed E-state index contributed by atoms with van der Waals surface area (Å²) in [5, 5.41) is 15.4. The zero-order valence-electron chi connectivity index (χ0n) is 23.8. The van der Waals surface area contributed by atoms with Gasteiger partial charge in [0.25, 0.3) is 0 Å². The predicted molar refractivity (Wildman–Crippen MR) is 159 cm³/mol. The van der Waals surface area contributed by atoms with Gasteiger partial charge in [0, 0.05) is 10.9 Å². The zero-order valence-corrected chi connectivity index (χ0v) is 23.8. The van der Waals surface area contributed by atoms with E-state index in [9.17, 15) is 4.79 Å². The molecule has 5 rings (SSSR count). The minimum Gasteiger partial charge on any atom is -0.490 e. The summed E-state index contributed by atoms with van der Waals surface area (Å²) in [4.78, 5) is 11.0. The van der Waals surface area contributed by atoms with Crippen molar-refractivity contribution in [3.05, 3.63) is 77.9 Å². The second kappa shape index (κ2) is 12.6. The highest BCUT2D eigenvalue weighted by Crippen LogP contribution is 2.37. The summed E-state index contributed by atoms with van der Waals surface area (Å²) in [5.41, 5.74) is 5.35. The Morgan fingerprint density at radius 3 is 2.30 bits per heavy atom. The van der Waals surface area contributed by atoms with Crippen LogP contribution in [0.2, 0.25) is 0 Å². The van der Waals surface area contributed by atoms with Gasteiger partial charge in [-0.25, -0.2) is 0 Å². The van der Waals surface area contributed by atoms with Gasteiger partial charge < -0.3 is 14.6 Å². The van der Waals surface area contributed by atoms with Crippen LogP contribution in [0.15, 0.2) is 66.7 Å². The van der Waals surface area contributed by atoms with Gasteiger partial charge in [0.1, 0.15) is 23.8 Å². The summed E-state index contributed by atoms with van der Waals surface area (Å²) < 4.78 is 14.5. The molecule has 0 saturated heterocycles. The van der Waals surface area contributed by atoms with E-state index in [0.717, 1.165) is 70.5 Å². The fourth-order valence-corrected chi connectivity index (χ4v) is 5.69. The minimum atomic E-state index is -0.786. The van der Waals surface area contributed by atoms with Crippen LogP contribution in [0, 0.1) is 0 Å². The third-order valence-corrected chi connectivity index (χ3v) is 8.12. The molecule has 0 radical (unpaired) electrons. The van der Waals surface area contributed by atoms with E-state index in [0.29, 0.717) is 12.6 Å². The number of carboxylic acids is 1. The third kappa shape index (κ3) is 6.33. The lowest BCUT2D eigenvalue weighted by molar-refractivity contribution is -0.137. The van der Waals surface area contributed by atoms with Crippen molar-refractivity contribution in [2.45, 2.75) is 90.4 Å². The van der Waals surface area contributed by atoms with E-state index < -0.39 is 5.97 Å². The lowest BCUT2D eigenvalue weighted by Gasteiger charge is -2.15. The van der Waals surface area contributed by atoms with Crippen LogP contribution in [0.1, 0.15) is 88.8 Å². The number of hydrogen-bond acceptors (Lipinski definition) is 4. The lowest BCUT2D eigenvalue weighted by atomic mass is 9.98. The molecule has 1 aliphatic carbocycles. The first-order valence-electron chi connectivity index (χ1n) is 14.7. The van der Waals surface area contributed by atoms with Gasteiger partial charge in [-0.15, -0.1) is 0 Å². The Hall–Kier alpha value is -3.80. The molecule has 1 saturated carbocycles. The Bertz CT molecular complexity index is 1420. The van der Waals surface area contributed by atoms with Gasteiger partial charge in [-0.1, -0.05) is 57.9 Å². The van der Waals surface area contributed by atoms with Crippen LogP contribution < -0.4 is 9.47 Å². The van der Waals surface area contributed by atoms with Crippen LogP contribution in [0.5, 0.6) is 11.5 Å². The van der Waals surface area contributed by atoms with Crippen LogP contribution in [0.3, 0.4) is 0 Å². The van der Waals surface area contributed by atoms with Gasteiger partial charge in [-0.2, -0.15) is 5.10 Å². The Morgan fingerprint density at radius 2 is 1.65 bits per heavy atom. The molecule has 6 heteroatoms. The van der Waals surface area contributed by atoms with Gasteiger partial charge in [-0.3, -0.25) is 9.48 Å². The predicted octanol–water partition coefficient (Wildman–Crippen LogP) is 8.54. The Labute approximate surface area is 236 Å². The second-order valence-corrected chi connectivity index (χ2v) is 11.0. The number of fused-ring (bicyclic) bond motifs is 1. The smallest absolute Gasteiger partial charge is 0.303 e. The molecule has 1 aliphatic rings. The van der Waals surface area contributed by atoms with E-state index in [1.807, 2.05) is 31.2 Å². The lowest BCUT2D eigenvalue weighted by Crippen LogP contribution is -2.13. The molecule has 6 nitrogen and oxygen atoms in total. The maximum atomic E-state index is 11.0. The summed E-state index contributed by atoms with van der Waals surface area (Å²) in [6, 6.07) is 23.0. The molecule has 40 heavy (non-hydrogen) atoms. The molecule has 0 aliphatic heterocycles. The van der Waals surface area contributed by atoms with Crippen LogP contribution in [-0.2, 0) is 11.4 Å². The van der Waals surface area contributed by atoms with E-state index in [2.05, 4.69) is 61.0 Å². The third-order valence-electron chi connectivity index (χ3n) is 8.12. The first-order valence-corrected chi connectivity index (χ1v) is 14.7. The topological polar surface area (TPSA) is 73.6 Å². The molecular weight excluding hydrogens is 500 g/mol. The summed E-state index contributed by atoms with van der Waals surface area (Å²) in [6.45, 7) is 6.69. The van der Waals surface area contributed by atoms with Crippen LogP contribution in [-0.4, -0.2) is 27.0 Å². The van der Waals surface area contributed by atoms with E-state index in [1.165, 1.54) is 12.8 Å². The van der Waals surface area contributed by atoms with Gasteiger partial charge in [0.05, 0.1) is 24.1 Å². The number of nitrogens with zero attached hydrogens (tertiary/aromatic N) is 2. The molecule has 1 atom stereocenters. The van der Waals surface area contributed by atoms with E-state index in [4.69, 9.17) is 19.7 Å². The van der Waals surface area contributed by atoms with Crippen molar-refractivity contribution < 1.29 is 19.4 Å². The molecule has 0 bridgehead atoms. The number of aromatic nitrogens is 2. The fourth-order valence-electron chi connectivity index (χ4n) is 5.69. The standard InChI is InChI=1S/C34H40N2O4/c1-4-28(5-2)40-30-17-13-26(14-18-30)34-31-19-10-24(21-32(31)36(35-34)27-8-6-7-9-27)22-39-29-15-11-25(12-16-29)23(3)20-33(37)38/h10-19,21,23,27-28H,4-9,20,22H2,1-3H3,(H,37,38). The minimum absolute atomic E-state index is 0.0349. The molecule has 3 aromatic carbocycles. The van der Waals surface area contributed by atoms with Crippen molar-refractivity contribution in [2.75, 3.05) is 0 Å². The number of benzene rings is 3. The number of ether oxygens (including phenoxy) is 2. The highest BCUT2D eigenvalue weighted by Gasteiger charge is 2.22. The number of carbonyl (C=O) groups is 1. The van der Waals surface area contributed by atoms with Gasteiger partial charge in [0.2, 0.25) is 0 Å². The maximum Gasteiger partial charge on any atom is 0.303 e. The van der Waals surface area contributed by atoms with Crippen molar-refractivity contribution in [3.63, 3.8) is 0 Å². The summed E-state index contributed by atoms with van der Waals surface area (Å²) in [7, 11) is 0. The number of aliphatic carboxylic acids is 1. The quantitative estimate of drug-likeness (QED) is 0.195. The average molecular weight is 541 g/mol. The monoisotopic (exact) mass is 540 g/mol. The largest absolute Gasteiger partial charge is 0.490 e. The molecule has 210 valence electrons. The first-order chi connectivity index (χ1) is 19.4. The van der Waals surface area contributed by atoms with Crippen molar-refractivity contribution in [1.82, 2.24) is 9.78 Å². The highest BCUT2D eigenvalue weighted by atomic mass is 16.5. The highest BCUT2D eigenvalue weighted by molar-refractivity contribution is 5.94. The summed E-state index contributed by atoms with van der Waals surface area (Å²) >= 11 is 0. The molecule has 0 amide bonds. The molecular formula is C34H40N2O4. The number of hydrogen-bond donors (Lipinski definition) is 1. The van der Waals surface area contributed by atoms with Gasteiger partial charge in [-0.05, 0) is 85.2 Å². The average Bonchev–Trinajstić information content (AvgIpc) is 3.63. The van der Waals surface area contributed by atoms with Crippen molar-refractivity contribution in [2.24, 2.45) is 0 Å². The van der Waals surface area contributed by atoms with E-state index in [1.54, 1.807) is 0 Å². The molecule has 4 aromatic rings. The second-order valence-electron chi connectivity index (χ2n) is 11.0. The first kappa shape index (κ1) is 27.8. The Morgan fingerprint density at radius 1 is 0.975 bits per heavy atom. The van der Waals surface area contributed by atoms with Crippen molar-refractivity contribution >= 4 is 16.9 Å². The van der Waals surface area contributed by atoms with Crippen molar-refractivity contribution in [3.8, 4) is 22.8 Å². The van der Waals surface area contributed by atoms with Crippen molar-refractivity contribution in [1.29, 1.82) is 0 Å². The fraction of sp³-hybridized carbons (Fsp3) is 0.412. The number of rotatable bonds is 12. The molecule has 1 unspecified atom stereocenters. The van der Waals surface area contributed by atoms with Crippen LogP contribution >= 0.6 is 0 Å². The van der Waals surface area contributed by atoms with Gasteiger partial charge >= 0.3 is 5.97 Å². The van der Waals surface area contributed by atoms with Gasteiger partial charge in [0.15, 0.2) is 0 Å². The van der Waals surface area contributed by atoms with Crippen LogP contribution in [0.25, 0.3) is 22.2 Å². The van der Waals surface area contributed by atoms with Crippen LogP contribution in [0.4, 0.5) is 0 Å². The maximum absolute atomic E-state index is 11.0. The van der Waals surface area contributed by atoms with E-state index in [-0.39, 0.29) is 18.4 Å². The molecule has 1 N–H and O–H groups in total. The summed E-state index contributed by atoms with van der Waals surface area (Å²) in [6.07, 6.45) is 7.16.